The van der Waals surface area contributed by atoms with Gasteiger partial charge in [-0.1, -0.05) is 164 Å². The van der Waals surface area contributed by atoms with Crippen molar-refractivity contribution in [3.63, 3.8) is 0 Å². The second kappa shape index (κ2) is 10.8. The van der Waals surface area contributed by atoms with E-state index in [4.69, 9.17) is 4.98 Å². The highest BCUT2D eigenvalue weighted by atomic mass is 14.7. The summed E-state index contributed by atoms with van der Waals surface area (Å²) in [5, 5.41) is 2.67. The molecule has 7 aromatic carbocycles. The van der Waals surface area contributed by atoms with Gasteiger partial charge in [-0.2, -0.15) is 0 Å². The summed E-state index contributed by atoms with van der Waals surface area (Å²) in [5.41, 5.74) is 16.7. The Bertz CT molecular complexity index is 2280. The SMILES string of the molecule is c1ccc(-c2cc(-c3ccccc3)nc(-c3ccc(-c4ccc(-c5ccc6c7c(cccc57)-c5ccccc5-6)cc4)cc3)c2)cc1. The predicted octanol–water partition coefficient (Wildman–Crippen LogP) is 12.2. The lowest BCUT2D eigenvalue weighted by Gasteiger charge is -2.12. The van der Waals surface area contributed by atoms with E-state index >= 15 is 0 Å². The third kappa shape index (κ3) is 4.45. The first-order valence-electron chi connectivity index (χ1n) is 15.8. The van der Waals surface area contributed by atoms with E-state index < -0.39 is 0 Å². The average Bonchev–Trinajstić information content (AvgIpc) is 3.47. The lowest BCUT2D eigenvalue weighted by atomic mass is 9.93. The molecule has 0 aliphatic heterocycles. The number of rotatable bonds is 5. The van der Waals surface area contributed by atoms with Crippen LogP contribution in [0, 0.1) is 0 Å². The molecule has 0 atom stereocenters. The zero-order valence-corrected chi connectivity index (χ0v) is 25.2. The molecule has 214 valence electrons. The number of fused-ring (bicyclic) bond motifs is 3. The molecule has 0 amide bonds. The van der Waals surface area contributed by atoms with Crippen molar-refractivity contribution < 1.29 is 0 Å². The van der Waals surface area contributed by atoms with E-state index in [0.717, 1.165) is 28.1 Å². The average molecular weight is 584 g/mol. The van der Waals surface area contributed by atoms with Crippen molar-refractivity contribution in [2.45, 2.75) is 0 Å². The zero-order chi connectivity index (χ0) is 30.5. The molecule has 0 bridgehead atoms. The summed E-state index contributed by atoms with van der Waals surface area (Å²) in [5.74, 6) is 0. The molecule has 46 heavy (non-hydrogen) atoms. The lowest BCUT2D eigenvalue weighted by molar-refractivity contribution is 1.32. The van der Waals surface area contributed by atoms with Crippen LogP contribution in [-0.2, 0) is 0 Å². The largest absolute Gasteiger partial charge is 0.248 e. The number of nitrogens with zero attached hydrogens (tertiary/aromatic N) is 1. The fourth-order valence-electron chi connectivity index (χ4n) is 6.97. The Morgan fingerprint density at radius 1 is 0.261 bits per heavy atom. The molecule has 1 heteroatoms. The summed E-state index contributed by atoms with van der Waals surface area (Å²) in [6.07, 6.45) is 0. The summed E-state index contributed by atoms with van der Waals surface area (Å²) in [7, 11) is 0. The first kappa shape index (κ1) is 26.4. The van der Waals surface area contributed by atoms with Crippen LogP contribution < -0.4 is 0 Å². The first-order valence-corrected chi connectivity index (χ1v) is 15.8. The van der Waals surface area contributed by atoms with E-state index in [1.54, 1.807) is 0 Å². The van der Waals surface area contributed by atoms with Gasteiger partial charge in [0.25, 0.3) is 0 Å². The van der Waals surface area contributed by atoms with Gasteiger partial charge < -0.3 is 0 Å². The quantitative estimate of drug-likeness (QED) is 0.196. The van der Waals surface area contributed by atoms with Crippen molar-refractivity contribution in [2.24, 2.45) is 0 Å². The number of hydrogen-bond donors (Lipinski definition) is 0. The summed E-state index contributed by atoms with van der Waals surface area (Å²) < 4.78 is 0. The van der Waals surface area contributed by atoms with Crippen LogP contribution in [0.4, 0.5) is 0 Å². The summed E-state index contributed by atoms with van der Waals surface area (Å²) >= 11 is 0. The van der Waals surface area contributed by atoms with E-state index in [2.05, 4.69) is 170 Å². The van der Waals surface area contributed by atoms with Crippen LogP contribution in [-0.4, -0.2) is 4.98 Å². The van der Waals surface area contributed by atoms with E-state index in [1.165, 1.54) is 60.8 Å². The second-order valence-electron chi connectivity index (χ2n) is 11.9. The predicted molar refractivity (Wildman–Crippen MR) is 193 cm³/mol. The summed E-state index contributed by atoms with van der Waals surface area (Å²) in [6, 6.07) is 63.2. The van der Waals surface area contributed by atoms with Crippen LogP contribution in [0.3, 0.4) is 0 Å². The Morgan fingerprint density at radius 3 is 1.33 bits per heavy atom. The van der Waals surface area contributed by atoms with Crippen molar-refractivity contribution in [1.29, 1.82) is 0 Å². The number of hydrogen-bond acceptors (Lipinski definition) is 1. The Kier molecular flexibility index (Phi) is 6.21. The van der Waals surface area contributed by atoms with Gasteiger partial charge in [0.1, 0.15) is 0 Å². The van der Waals surface area contributed by atoms with Crippen LogP contribution >= 0.6 is 0 Å². The maximum atomic E-state index is 5.10. The zero-order valence-electron chi connectivity index (χ0n) is 25.2. The summed E-state index contributed by atoms with van der Waals surface area (Å²) in [4.78, 5) is 5.10. The van der Waals surface area contributed by atoms with Gasteiger partial charge in [0.05, 0.1) is 11.4 Å². The standard InChI is InChI=1S/C45H29N/c1-3-10-30(11-4-1)36-28-43(34-12-5-2-6-13-34)46-44(29-36)35-24-20-32(21-25-35)31-18-22-33(23-19-31)37-26-27-42-39-15-8-7-14-38(39)41-17-9-16-40(37)45(41)42/h1-29H. The maximum Gasteiger partial charge on any atom is 0.0715 e. The van der Waals surface area contributed by atoms with Gasteiger partial charge in [-0.05, 0) is 78.5 Å². The molecule has 0 saturated carbocycles. The third-order valence-corrected chi connectivity index (χ3v) is 9.26. The Hall–Kier alpha value is -6.05. The van der Waals surface area contributed by atoms with Gasteiger partial charge in [-0.25, -0.2) is 4.98 Å². The molecule has 0 N–H and O–H groups in total. The Labute approximate surface area is 269 Å². The molecule has 0 fully saturated rings. The molecule has 0 saturated heterocycles. The van der Waals surface area contributed by atoms with Crippen LogP contribution in [0.25, 0.3) is 88.9 Å². The maximum absolute atomic E-state index is 5.10. The van der Waals surface area contributed by atoms with Crippen molar-refractivity contribution in [3.05, 3.63) is 176 Å². The molecular formula is C45H29N. The fraction of sp³-hybridized carbons (Fsp3) is 0. The van der Waals surface area contributed by atoms with Gasteiger partial charge >= 0.3 is 0 Å². The second-order valence-corrected chi connectivity index (χ2v) is 11.9. The molecule has 8 aromatic rings. The highest BCUT2D eigenvalue weighted by Gasteiger charge is 2.22. The lowest BCUT2D eigenvalue weighted by Crippen LogP contribution is -1.91. The highest BCUT2D eigenvalue weighted by molar-refractivity contribution is 6.18. The van der Waals surface area contributed by atoms with Gasteiger partial charge in [0.15, 0.2) is 0 Å². The normalized spacial score (nSPS) is 11.5. The molecule has 1 aromatic heterocycles. The Morgan fingerprint density at radius 2 is 0.696 bits per heavy atom. The summed E-state index contributed by atoms with van der Waals surface area (Å²) in [6.45, 7) is 0. The monoisotopic (exact) mass is 583 g/mol. The topological polar surface area (TPSA) is 12.9 Å². The first-order chi connectivity index (χ1) is 22.8. The minimum atomic E-state index is 0.969. The van der Waals surface area contributed by atoms with Crippen LogP contribution in [0.1, 0.15) is 0 Å². The number of pyridine rings is 1. The molecule has 1 nitrogen and oxygen atoms in total. The van der Waals surface area contributed by atoms with E-state index in [0.29, 0.717) is 0 Å². The van der Waals surface area contributed by atoms with Crippen LogP contribution in [0.15, 0.2) is 176 Å². The van der Waals surface area contributed by atoms with E-state index in [9.17, 15) is 0 Å². The van der Waals surface area contributed by atoms with Gasteiger partial charge in [0, 0.05) is 11.1 Å². The van der Waals surface area contributed by atoms with Crippen LogP contribution in [0.2, 0.25) is 0 Å². The molecule has 0 radical (unpaired) electrons. The molecule has 1 aliphatic carbocycles. The molecule has 9 rings (SSSR count). The van der Waals surface area contributed by atoms with Gasteiger partial charge in [-0.3, -0.25) is 0 Å². The van der Waals surface area contributed by atoms with Crippen molar-refractivity contribution >= 4 is 10.8 Å². The van der Waals surface area contributed by atoms with Crippen molar-refractivity contribution in [1.82, 2.24) is 4.98 Å². The van der Waals surface area contributed by atoms with E-state index in [-0.39, 0.29) is 0 Å². The number of benzene rings is 7. The van der Waals surface area contributed by atoms with E-state index in [1.807, 2.05) is 6.07 Å². The Balaban J connectivity index is 1.05. The smallest absolute Gasteiger partial charge is 0.0715 e. The molecule has 0 unspecified atom stereocenters. The highest BCUT2D eigenvalue weighted by Crippen LogP contribution is 2.49. The van der Waals surface area contributed by atoms with Gasteiger partial charge in [-0.15, -0.1) is 0 Å². The molecule has 1 heterocycles. The minimum Gasteiger partial charge on any atom is -0.248 e. The van der Waals surface area contributed by atoms with Crippen molar-refractivity contribution in [3.8, 4) is 78.1 Å². The fourth-order valence-corrected chi connectivity index (χ4v) is 6.97. The van der Waals surface area contributed by atoms with Crippen molar-refractivity contribution in [2.75, 3.05) is 0 Å². The third-order valence-electron chi connectivity index (χ3n) is 9.26. The molecular weight excluding hydrogens is 555 g/mol. The number of aromatic nitrogens is 1. The minimum absolute atomic E-state index is 0.969. The molecule has 0 spiro atoms. The molecule has 1 aliphatic rings. The van der Waals surface area contributed by atoms with Crippen LogP contribution in [0.5, 0.6) is 0 Å². The van der Waals surface area contributed by atoms with Gasteiger partial charge in [0.2, 0.25) is 0 Å².